The minimum absolute atomic E-state index is 0.255. The van der Waals surface area contributed by atoms with Crippen LogP contribution >= 0.6 is 23.2 Å². The fraction of sp³-hybridized carbons (Fsp3) is 0.133. The summed E-state index contributed by atoms with van der Waals surface area (Å²) in [6, 6.07) is 19.1. The van der Waals surface area contributed by atoms with Crippen LogP contribution < -0.4 is 5.32 Å². The number of nitrogens with one attached hydrogen (secondary N) is 1. The van der Waals surface area contributed by atoms with E-state index in [1.54, 1.807) is 0 Å². The molecule has 2 nitrogen and oxygen atoms in total. The zero-order chi connectivity index (χ0) is 13.7. The Morgan fingerprint density at radius 3 is 1.63 bits per heavy atom. The molecular formula is C15H13Cl2NO. The van der Waals surface area contributed by atoms with Gasteiger partial charge < -0.3 is 5.32 Å². The van der Waals surface area contributed by atoms with E-state index in [2.05, 4.69) is 5.32 Å². The maximum Gasteiger partial charge on any atom is 0.254 e. The van der Waals surface area contributed by atoms with Gasteiger partial charge in [-0.1, -0.05) is 83.9 Å². The van der Waals surface area contributed by atoms with Gasteiger partial charge in [-0.25, -0.2) is 0 Å². The zero-order valence-electron chi connectivity index (χ0n) is 10.1. The van der Waals surface area contributed by atoms with Gasteiger partial charge in [-0.05, 0) is 11.1 Å². The van der Waals surface area contributed by atoms with Crippen LogP contribution in [0.4, 0.5) is 0 Å². The maximum absolute atomic E-state index is 11.7. The zero-order valence-corrected chi connectivity index (χ0v) is 11.6. The molecule has 2 aromatic carbocycles. The lowest BCUT2D eigenvalue weighted by Gasteiger charge is -2.20. The molecule has 0 saturated carbocycles. The van der Waals surface area contributed by atoms with E-state index in [0.717, 1.165) is 11.1 Å². The molecule has 0 radical (unpaired) electrons. The first-order chi connectivity index (χ1) is 9.18. The van der Waals surface area contributed by atoms with Crippen molar-refractivity contribution in [3.8, 4) is 0 Å². The van der Waals surface area contributed by atoms with E-state index in [0.29, 0.717) is 0 Å². The van der Waals surface area contributed by atoms with Gasteiger partial charge in [-0.15, -0.1) is 0 Å². The van der Waals surface area contributed by atoms with Crippen molar-refractivity contribution in [3.05, 3.63) is 71.8 Å². The number of carbonyl (C=O) groups is 1. The number of halogens is 2. The molecule has 0 aromatic heterocycles. The second-order valence-electron chi connectivity index (χ2n) is 4.06. The SMILES string of the molecule is O=C(NC(c1ccccc1)c1ccccc1)C(Cl)Cl. The molecule has 0 aliphatic carbocycles. The van der Waals surface area contributed by atoms with Crippen LogP contribution in [0.1, 0.15) is 17.2 Å². The molecule has 0 unspecified atom stereocenters. The van der Waals surface area contributed by atoms with Gasteiger partial charge in [0.15, 0.2) is 4.84 Å². The standard InChI is InChI=1S/C15H13Cl2NO/c16-14(17)15(19)18-13(11-7-3-1-4-8-11)12-9-5-2-6-10-12/h1-10,13-14H,(H,18,19). The summed E-state index contributed by atoms with van der Waals surface area (Å²) in [6.45, 7) is 0. The number of amides is 1. The summed E-state index contributed by atoms with van der Waals surface area (Å²) in [5.41, 5.74) is 1.96. The predicted octanol–water partition coefficient (Wildman–Crippen LogP) is 3.70. The largest absolute Gasteiger partial charge is 0.343 e. The van der Waals surface area contributed by atoms with Gasteiger partial charge in [0.2, 0.25) is 0 Å². The number of benzene rings is 2. The van der Waals surface area contributed by atoms with Crippen molar-refractivity contribution in [1.29, 1.82) is 0 Å². The molecule has 0 fully saturated rings. The van der Waals surface area contributed by atoms with Crippen LogP contribution in [0.25, 0.3) is 0 Å². The molecule has 2 aromatic rings. The van der Waals surface area contributed by atoms with Gasteiger partial charge in [-0.3, -0.25) is 4.79 Å². The molecule has 1 amide bonds. The highest BCUT2D eigenvalue weighted by atomic mass is 35.5. The normalized spacial score (nSPS) is 10.7. The lowest BCUT2D eigenvalue weighted by molar-refractivity contribution is -0.119. The Morgan fingerprint density at radius 2 is 1.26 bits per heavy atom. The molecule has 0 atom stereocenters. The third kappa shape index (κ3) is 3.72. The third-order valence-corrected chi connectivity index (χ3v) is 3.15. The van der Waals surface area contributed by atoms with Crippen molar-refractivity contribution >= 4 is 29.1 Å². The summed E-state index contributed by atoms with van der Waals surface area (Å²) >= 11 is 11.2. The Bertz CT molecular complexity index is 489. The molecule has 0 bridgehead atoms. The van der Waals surface area contributed by atoms with Crippen molar-refractivity contribution in [1.82, 2.24) is 5.32 Å². The van der Waals surface area contributed by atoms with Crippen molar-refractivity contribution in [3.63, 3.8) is 0 Å². The van der Waals surface area contributed by atoms with E-state index < -0.39 is 10.7 Å². The van der Waals surface area contributed by atoms with Crippen LogP contribution in [0.5, 0.6) is 0 Å². The van der Waals surface area contributed by atoms with E-state index >= 15 is 0 Å². The number of hydrogen-bond acceptors (Lipinski definition) is 1. The van der Waals surface area contributed by atoms with Gasteiger partial charge in [0.1, 0.15) is 0 Å². The quantitative estimate of drug-likeness (QED) is 0.856. The monoisotopic (exact) mass is 293 g/mol. The first-order valence-electron chi connectivity index (χ1n) is 5.87. The topological polar surface area (TPSA) is 29.1 Å². The first-order valence-corrected chi connectivity index (χ1v) is 6.74. The smallest absolute Gasteiger partial charge is 0.254 e. The van der Waals surface area contributed by atoms with Gasteiger partial charge in [-0.2, -0.15) is 0 Å². The summed E-state index contributed by atoms with van der Waals surface area (Å²) in [4.78, 5) is 10.7. The third-order valence-electron chi connectivity index (χ3n) is 2.75. The van der Waals surface area contributed by atoms with Crippen molar-refractivity contribution in [2.45, 2.75) is 10.9 Å². The second kappa shape index (κ2) is 6.60. The van der Waals surface area contributed by atoms with Crippen LogP contribution in [-0.2, 0) is 4.79 Å². The van der Waals surface area contributed by atoms with E-state index in [4.69, 9.17) is 23.2 Å². The van der Waals surface area contributed by atoms with E-state index in [1.165, 1.54) is 0 Å². The van der Waals surface area contributed by atoms with Gasteiger partial charge >= 0.3 is 0 Å². The molecule has 1 N–H and O–H groups in total. The van der Waals surface area contributed by atoms with Crippen LogP contribution in [0.2, 0.25) is 0 Å². The van der Waals surface area contributed by atoms with Crippen molar-refractivity contribution in [2.24, 2.45) is 0 Å². The highest BCUT2D eigenvalue weighted by molar-refractivity contribution is 6.53. The Morgan fingerprint density at radius 1 is 0.842 bits per heavy atom. The van der Waals surface area contributed by atoms with Crippen LogP contribution in [0, 0.1) is 0 Å². The fourth-order valence-corrected chi connectivity index (χ4v) is 1.98. The van der Waals surface area contributed by atoms with Crippen LogP contribution in [0.15, 0.2) is 60.7 Å². The van der Waals surface area contributed by atoms with E-state index in [1.807, 2.05) is 60.7 Å². The fourth-order valence-electron chi connectivity index (χ4n) is 1.86. The van der Waals surface area contributed by atoms with E-state index in [-0.39, 0.29) is 6.04 Å². The van der Waals surface area contributed by atoms with E-state index in [9.17, 15) is 4.79 Å². The predicted molar refractivity (Wildman–Crippen MR) is 78.4 cm³/mol. The number of carbonyl (C=O) groups excluding carboxylic acids is 1. The molecule has 4 heteroatoms. The van der Waals surface area contributed by atoms with Gasteiger partial charge in [0.05, 0.1) is 6.04 Å². The van der Waals surface area contributed by atoms with Crippen LogP contribution in [-0.4, -0.2) is 10.7 Å². The molecule has 0 aliphatic rings. The lowest BCUT2D eigenvalue weighted by Crippen LogP contribution is -2.33. The summed E-state index contributed by atoms with van der Waals surface area (Å²) in [6.07, 6.45) is 0. The number of hydrogen-bond donors (Lipinski definition) is 1. The first kappa shape index (κ1) is 13.9. The Kier molecular flexibility index (Phi) is 4.83. The Balaban J connectivity index is 2.32. The summed E-state index contributed by atoms with van der Waals surface area (Å²) < 4.78 is 0. The average Bonchev–Trinajstić information content (AvgIpc) is 2.46. The summed E-state index contributed by atoms with van der Waals surface area (Å²) in [7, 11) is 0. The minimum atomic E-state index is -1.07. The Labute approximate surface area is 122 Å². The summed E-state index contributed by atoms with van der Waals surface area (Å²) in [5, 5.41) is 2.85. The highest BCUT2D eigenvalue weighted by Crippen LogP contribution is 2.22. The lowest BCUT2D eigenvalue weighted by atomic mass is 9.99. The maximum atomic E-state index is 11.7. The van der Waals surface area contributed by atoms with Crippen molar-refractivity contribution < 1.29 is 4.79 Å². The number of rotatable bonds is 4. The molecule has 0 aliphatic heterocycles. The molecule has 2 rings (SSSR count). The van der Waals surface area contributed by atoms with Gasteiger partial charge in [0.25, 0.3) is 5.91 Å². The summed E-state index contributed by atoms with van der Waals surface area (Å²) in [5.74, 6) is -0.402. The average molecular weight is 294 g/mol. The molecular weight excluding hydrogens is 281 g/mol. The molecule has 19 heavy (non-hydrogen) atoms. The Hall–Kier alpha value is -1.51. The van der Waals surface area contributed by atoms with Crippen LogP contribution in [0.3, 0.4) is 0 Å². The molecule has 0 heterocycles. The highest BCUT2D eigenvalue weighted by Gasteiger charge is 2.19. The molecule has 98 valence electrons. The van der Waals surface area contributed by atoms with Gasteiger partial charge in [0, 0.05) is 0 Å². The van der Waals surface area contributed by atoms with Crippen molar-refractivity contribution in [2.75, 3.05) is 0 Å². The molecule has 0 spiro atoms. The number of alkyl halides is 2. The minimum Gasteiger partial charge on any atom is -0.343 e. The second-order valence-corrected chi connectivity index (χ2v) is 5.16. The molecule has 0 saturated heterocycles.